The number of esters is 1. The third kappa shape index (κ3) is 9.66. The Kier molecular flexibility index (Phi) is 12.8. The molecule has 0 fully saturated rings. The Morgan fingerprint density at radius 3 is 2.54 bits per heavy atom. The van der Waals surface area contributed by atoms with E-state index in [1.54, 1.807) is 0 Å². The number of aliphatic hydroxyl groups is 1. The molecule has 0 spiro atoms. The van der Waals surface area contributed by atoms with Crippen LogP contribution in [0.15, 0.2) is 0 Å². The topological polar surface area (TPSA) is 46.5 Å². The number of hydrogen-bond acceptors (Lipinski definition) is 4. The molecule has 0 amide bonds. The molecule has 0 heterocycles. The van der Waals surface area contributed by atoms with Crippen molar-refractivity contribution in [2.24, 2.45) is 0 Å². The van der Waals surface area contributed by atoms with Gasteiger partial charge in [-0.2, -0.15) is 11.8 Å². The van der Waals surface area contributed by atoms with E-state index in [-0.39, 0.29) is 29.6 Å². The standard InChI is InChI=1S/C6H10Cl2O3S.Na.H/c1-12-3-2-4(9)5(10)11-6(7)8;;/h4,6,9H,2-3H2,1H3;;/t4-;;/m0../s1. The minimum absolute atomic E-state index is 0. The zero-order chi connectivity index (χ0) is 9.56. The molecule has 0 saturated carbocycles. The van der Waals surface area contributed by atoms with Crippen molar-refractivity contribution >= 4 is 70.5 Å². The van der Waals surface area contributed by atoms with Gasteiger partial charge in [0.25, 0.3) is 5.02 Å². The fourth-order valence-corrected chi connectivity index (χ4v) is 1.15. The van der Waals surface area contributed by atoms with Crippen LogP contribution in [0.25, 0.3) is 0 Å². The Labute approximate surface area is 114 Å². The maximum absolute atomic E-state index is 10.8. The van der Waals surface area contributed by atoms with Crippen LogP contribution >= 0.6 is 35.0 Å². The number of aliphatic hydroxyl groups excluding tert-OH is 1. The van der Waals surface area contributed by atoms with Gasteiger partial charge >= 0.3 is 35.5 Å². The van der Waals surface area contributed by atoms with Gasteiger partial charge in [-0.25, -0.2) is 4.79 Å². The Balaban J connectivity index is 0. The number of rotatable bonds is 5. The van der Waals surface area contributed by atoms with Crippen molar-refractivity contribution in [2.45, 2.75) is 17.5 Å². The molecule has 13 heavy (non-hydrogen) atoms. The van der Waals surface area contributed by atoms with Crippen LogP contribution in [0.1, 0.15) is 6.42 Å². The van der Waals surface area contributed by atoms with Crippen molar-refractivity contribution in [3.05, 3.63) is 0 Å². The van der Waals surface area contributed by atoms with E-state index in [9.17, 15) is 4.79 Å². The van der Waals surface area contributed by atoms with E-state index in [0.717, 1.165) is 0 Å². The molecule has 0 aliphatic rings. The summed E-state index contributed by atoms with van der Waals surface area (Å²) in [7, 11) is 0. The summed E-state index contributed by atoms with van der Waals surface area (Å²) >= 11 is 11.8. The first-order valence-electron chi connectivity index (χ1n) is 3.23. The second kappa shape index (κ2) is 9.90. The Morgan fingerprint density at radius 1 is 1.62 bits per heavy atom. The first-order chi connectivity index (χ1) is 5.57. The van der Waals surface area contributed by atoms with Crippen molar-refractivity contribution in [3.8, 4) is 0 Å². The molecule has 0 rings (SSSR count). The molecule has 0 aromatic carbocycles. The van der Waals surface area contributed by atoms with Crippen molar-refractivity contribution in [1.29, 1.82) is 0 Å². The zero-order valence-corrected chi connectivity index (χ0v) is 8.83. The molecular formula is C6H11Cl2NaO3S. The first-order valence-corrected chi connectivity index (χ1v) is 5.50. The second-order valence-electron chi connectivity index (χ2n) is 1.99. The Bertz CT molecular complexity index is 148. The van der Waals surface area contributed by atoms with Gasteiger partial charge in [-0.3, -0.25) is 0 Å². The summed E-state index contributed by atoms with van der Waals surface area (Å²) in [5.74, 6) is -0.0926. The molecule has 0 aliphatic heterocycles. The van der Waals surface area contributed by atoms with Gasteiger partial charge in [0, 0.05) is 0 Å². The van der Waals surface area contributed by atoms with Crippen LogP contribution < -0.4 is 0 Å². The van der Waals surface area contributed by atoms with Gasteiger partial charge < -0.3 is 9.84 Å². The van der Waals surface area contributed by atoms with E-state index in [2.05, 4.69) is 4.74 Å². The van der Waals surface area contributed by atoms with Crippen LogP contribution in [0.3, 0.4) is 0 Å². The number of ether oxygens (including phenoxy) is 1. The molecule has 0 aromatic heterocycles. The second-order valence-corrected chi connectivity index (χ2v) is 4.00. The fraction of sp³-hybridized carbons (Fsp3) is 0.833. The van der Waals surface area contributed by atoms with E-state index in [1.165, 1.54) is 11.8 Å². The molecule has 1 atom stereocenters. The molecule has 7 heteroatoms. The Hall–Kier alpha value is 1.36. The molecule has 0 unspecified atom stereocenters. The van der Waals surface area contributed by atoms with Gasteiger partial charge in [-0.05, 0) is 18.4 Å². The summed E-state index contributed by atoms with van der Waals surface area (Å²) < 4.78 is 4.34. The van der Waals surface area contributed by atoms with Gasteiger partial charge in [0.05, 0.1) is 0 Å². The molecule has 1 N–H and O–H groups in total. The van der Waals surface area contributed by atoms with Crippen molar-refractivity contribution in [1.82, 2.24) is 0 Å². The summed E-state index contributed by atoms with van der Waals surface area (Å²) in [4.78, 5) is 10.8. The average molecular weight is 257 g/mol. The first kappa shape index (κ1) is 16.8. The van der Waals surface area contributed by atoms with E-state index in [1.807, 2.05) is 6.26 Å². The molecule has 0 saturated heterocycles. The van der Waals surface area contributed by atoms with Crippen LogP contribution in [0, 0.1) is 0 Å². The van der Waals surface area contributed by atoms with Crippen LogP contribution in [-0.2, 0) is 9.53 Å². The predicted molar refractivity (Wildman–Crippen MR) is 57.7 cm³/mol. The van der Waals surface area contributed by atoms with Gasteiger partial charge in [-0.15, -0.1) is 0 Å². The van der Waals surface area contributed by atoms with Crippen molar-refractivity contribution in [3.63, 3.8) is 0 Å². The number of thioether (sulfide) groups is 1. The van der Waals surface area contributed by atoms with Gasteiger partial charge in [0.1, 0.15) is 0 Å². The molecule has 0 bridgehead atoms. The summed E-state index contributed by atoms with van der Waals surface area (Å²) in [6.45, 7) is 0. The van der Waals surface area contributed by atoms with E-state index < -0.39 is 17.1 Å². The third-order valence-corrected chi connectivity index (χ3v) is 1.89. The summed E-state index contributed by atoms with van der Waals surface area (Å²) in [5.41, 5.74) is 0. The summed E-state index contributed by atoms with van der Waals surface area (Å²) in [6.07, 6.45) is 1.10. The molecule has 3 nitrogen and oxygen atoms in total. The number of alkyl halides is 2. The predicted octanol–water partition coefficient (Wildman–Crippen LogP) is 0.756. The number of carbonyl (C=O) groups excluding carboxylic acids is 1. The van der Waals surface area contributed by atoms with E-state index in [0.29, 0.717) is 12.2 Å². The van der Waals surface area contributed by atoms with Crippen molar-refractivity contribution in [2.75, 3.05) is 12.0 Å². The minimum atomic E-state index is -1.21. The van der Waals surface area contributed by atoms with Crippen LogP contribution in [0.2, 0.25) is 0 Å². The third-order valence-electron chi connectivity index (χ3n) is 1.07. The van der Waals surface area contributed by atoms with E-state index >= 15 is 0 Å². The molecule has 0 aromatic rings. The van der Waals surface area contributed by atoms with Gasteiger partial charge in [0.2, 0.25) is 0 Å². The average Bonchev–Trinajstić information content (AvgIpc) is 1.98. The molecule has 0 radical (unpaired) electrons. The van der Waals surface area contributed by atoms with Crippen LogP contribution in [-0.4, -0.2) is 63.8 Å². The SMILES string of the molecule is CSCC[C@H](O)C(=O)OC(Cl)Cl.[NaH]. The summed E-state index contributed by atoms with van der Waals surface area (Å²) in [6, 6.07) is 0. The number of carbonyl (C=O) groups is 1. The zero-order valence-electron chi connectivity index (χ0n) is 6.50. The maximum atomic E-state index is 10.8. The van der Waals surface area contributed by atoms with Gasteiger partial charge in [0.15, 0.2) is 6.10 Å². The molecule has 0 aliphatic carbocycles. The number of hydrogen-bond donors (Lipinski definition) is 1. The fourth-order valence-electron chi connectivity index (χ4n) is 0.514. The van der Waals surface area contributed by atoms with E-state index in [4.69, 9.17) is 28.3 Å². The van der Waals surface area contributed by atoms with Crippen molar-refractivity contribution < 1.29 is 14.6 Å². The Morgan fingerprint density at radius 2 is 2.15 bits per heavy atom. The monoisotopic (exact) mass is 256 g/mol. The van der Waals surface area contributed by atoms with Gasteiger partial charge in [-0.1, -0.05) is 23.2 Å². The quantitative estimate of drug-likeness (QED) is 0.448. The molecular weight excluding hydrogens is 246 g/mol. The van der Waals surface area contributed by atoms with Crippen LogP contribution in [0.5, 0.6) is 0 Å². The summed E-state index contributed by atoms with van der Waals surface area (Å²) in [5, 5.41) is 7.89. The molecule has 74 valence electrons. The number of halogens is 2. The van der Waals surface area contributed by atoms with Crippen LogP contribution in [0.4, 0.5) is 0 Å². The normalized spacial score (nSPS) is 12.1.